The fraction of sp³-hybridized carbons (Fsp3) is 0.304. The first kappa shape index (κ1) is 23.3. The van der Waals surface area contributed by atoms with Crippen LogP contribution in [0.15, 0.2) is 36.4 Å². The van der Waals surface area contributed by atoms with Gasteiger partial charge in [0.15, 0.2) is 11.6 Å². The van der Waals surface area contributed by atoms with E-state index in [0.29, 0.717) is 0 Å². The topological polar surface area (TPSA) is 79.5 Å². The van der Waals surface area contributed by atoms with Crippen molar-refractivity contribution in [3.05, 3.63) is 64.6 Å². The SMILES string of the molecule is Cc1c(C(C(=O)O)C(C)(C)C)c2cc(O)c(F)cc2n1C(=O)c1ccc(C(F)(F)F)cc1. The fourth-order valence-corrected chi connectivity index (χ4v) is 3.93. The second-order valence-corrected chi connectivity index (χ2v) is 8.67. The maximum absolute atomic E-state index is 14.2. The number of aromatic nitrogens is 1. The Morgan fingerprint density at radius 1 is 1.03 bits per heavy atom. The Kier molecular flexibility index (Phi) is 5.57. The summed E-state index contributed by atoms with van der Waals surface area (Å²) in [6, 6.07) is 5.50. The Morgan fingerprint density at radius 2 is 1.59 bits per heavy atom. The van der Waals surface area contributed by atoms with Crippen LogP contribution in [0.2, 0.25) is 0 Å². The van der Waals surface area contributed by atoms with E-state index < -0.39 is 46.5 Å². The molecular weight excluding hydrogens is 430 g/mol. The normalized spacial score (nSPS) is 13.4. The standard InChI is InChI=1S/C23H21F4NO4/c1-11-18(19(21(31)32)22(2,3)4)14-9-17(29)15(24)10-16(14)28(11)20(30)12-5-7-13(8-6-12)23(25,26)27/h5-10,19,29H,1-4H3,(H,31,32). The minimum atomic E-state index is -4.58. The van der Waals surface area contributed by atoms with Crippen molar-refractivity contribution in [2.24, 2.45) is 5.41 Å². The predicted molar refractivity (Wildman–Crippen MR) is 109 cm³/mol. The highest BCUT2D eigenvalue weighted by atomic mass is 19.4. The summed E-state index contributed by atoms with van der Waals surface area (Å²) in [5.41, 5.74) is -1.42. The number of phenols is 1. The van der Waals surface area contributed by atoms with Gasteiger partial charge in [0.05, 0.1) is 17.0 Å². The highest BCUT2D eigenvalue weighted by molar-refractivity contribution is 6.05. The summed E-state index contributed by atoms with van der Waals surface area (Å²) in [5, 5.41) is 20.0. The van der Waals surface area contributed by atoms with E-state index in [0.717, 1.165) is 41.0 Å². The average molecular weight is 451 g/mol. The molecule has 0 radical (unpaired) electrons. The van der Waals surface area contributed by atoms with E-state index in [1.54, 1.807) is 20.8 Å². The van der Waals surface area contributed by atoms with Crippen LogP contribution in [0, 0.1) is 18.2 Å². The number of carboxylic acids is 1. The van der Waals surface area contributed by atoms with Crippen molar-refractivity contribution in [1.29, 1.82) is 0 Å². The van der Waals surface area contributed by atoms with Crippen LogP contribution in [0.5, 0.6) is 5.75 Å². The lowest BCUT2D eigenvalue weighted by Crippen LogP contribution is -2.27. The molecule has 0 saturated carbocycles. The van der Waals surface area contributed by atoms with Crippen LogP contribution >= 0.6 is 0 Å². The molecule has 0 spiro atoms. The van der Waals surface area contributed by atoms with Gasteiger partial charge in [0.1, 0.15) is 0 Å². The zero-order chi connectivity index (χ0) is 24.2. The second-order valence-electron chi connectivity index (χ2n) is 8.67. The first-order valence-electron chi connectivity index (χ1n) is 9.62. The number of benzene rings is 2. The minimum Gasteiger partial charge on any atom is -0.505 e. The van der Waals surface area contributed by atoms with Crippen molar-refractivity contribution in [3.63, 3.8) is 0 Å². The predicted octanol–water partition coefficient (Wildman–Crippen LogP) is 5.72. The molecule has 5 nitrogen and oxygen atoms in total. The molecule has 0 aliphatic heterocycles. The van der Waals surface area contributed by atoms with Crippen LogP contribution in [0.3, 0.4) is 0 Å². The molecule has 1 heterocycles. The van der Waals surface area contributed by atoms with Crippen molar-refractivity contribution < 1.29 is 37.4 Å². The molecule has 170 valence electrons. The monoisotopic (exact) mass is 451 g/mol. The quantitative estimate of drug-likeness (QED) is 0.500. The van der Waals surface area contributed by atoms with Gasteiger partial charge in [-0.3, -0.25) is 14.2 Å². The van der Waals surface area contributed by atoms with E-state index in [1.807, 2.05) is 0 Å². The Balaban J connectivity index is 2.30. The molecule has 3 rings (SSSR count). The van der Waals surface area contributed by atoms with Crippen LogP contribution in [0.1, 0.15) is 53.9 Å². The Bertz CT molecular complexity index is 1220. The molecule has 0 aliphatic carbocycles. The van der Waals surface area contributed by atoms with Gasteiger partial charge in [-0.1, -0.05) is 20.8 Å². The summed E-state index contributed by atoms with van der Waals surface area (Å²) in [6.07, 6.45) is -4.58. The van der Waals surface area contributed by atoms with Crippen LogP contribution in [0.25, 0.3) is 10.9 Å². The first-order valence-corrected chi connectivity index (χ1v) is 9.62. The summed E-state index contributed by atoms with van der Waals surface area (Å²) < 4.78 is 53.9. The number of fused-ring (bicyclic) bond motifs is 1. The summed E-state index contributed by atoms with van der Waals surface area (Å²) >= 11 is 0. The Labute approximate surface area is 180 Å². The number of halogens is 4. The molecule has 0 bridgehead atoms. The molecule has 0 amide bonds. The summed E-state index contributed by atoms with van der Waals surface area (Å²) in [4.78, 5) is 25.4. The maximum Gasteiger partial charge on any atom is 0.416 e. The van der Waals surface area contributed by atoms with Crippen LogP contribution in [0.4, 0.5) is 17.6 Å². The molecule has 32 heavy (non-hydrogen) atoms. The number of hydrogen-bond acceptors (Lipinski definition) is 3. The van der Waals surface area contributed by atoms with Gasteiger partial charge in [-0.25, -0.2) is 4.39 Å². The number of phenolic OH excluding ortho intramolecular Hbond substituents is 1. The first-order chi connectivity index (χ1) is 14.6. The number of alkyl halides is 3. The van der Waals surface area contributed by atoms with E-state index in [2.05, 4.69) is 0 Å². The zero-order valence-corrected chi connectivity index (χ0v) is 17.7. The Morgan fingerprint density at radius 3 is 2.06 bits per heavy atom. The molecule has 2 aromatic carbocycles. The number of aliphatic carboxylic acids is 1. The fourth-order valence-electron chi connectivity index (χ4n) is 3.93. The van der Waals surface area contributed by atoms with E-state index in [-0.39, 0.29) is 27.7 Å². The van der Waals surface area contributed by atoms with Gasteiger partial charge in [0.25, 0.3) is 5.91 Å². The number of aromatic hydroxyl groups is 1. The van der Waals surface area contributed by atoms with Gasteiger partial charge in [-0.15, -0.1) is 0 Å². The number of carboxylic acid groups (broad SMARTS) is 1. The maximum atomic E-state index is 14.2. The van der Waals surface area contributed by atoms with Gasteiger partial charge in [0.2, 0.25) is 0 Å². The molecule has 1 aromatic heterocycles. The number of hydrogen-bond donors (Lipinski definition) is 2. The number of carbonyl (C=O) groups is 2. The second kappa shape index (κ2) is 7.65. The summed E-state index contributed by atoms with van der Waals surface area (Å²) in [5.74, 6) is -4.78. The highest BCUT2D eigenvalue weighted by Crippen LogP contribution is 2.43. The lowest BCUT2D eigenvalue weighted by molar-refractivity contribution is -0.141. The van der Waals surface area contributed by atoms with Crippen molar-refractivity contribution in [3.8, 4) is 5.75 Å². The molecular formula is C23H21F4NO4. The van der Waals surface area contributed by atoms with Gasteiger partial charge < -0.3 is 10.2 Å². The molecule has 0 aliphatic rings. The van der Waals surface area contributed by atoms with Crippen molar-refractivity contribution >= 4 is 22.8 Å². The van der Waals surface area contributed by atoms with E-state index in [4.69, 9.17) is 0 Å². The third-order valence-corrected chi connectivity index (χ3v) is 5.39. The summed E-state index contributed by atoms with van der Waals surface area (Å²) in [6.45, 7) is 6.55. The molecule has 0 saturated heterocycles. The van der Waals surface area contributed by atoms with Gasteiger partial charge in [-0.05, 0) is 48.2 Å². The smallest absolute Gasteiger partial charge is 0.416 e. The number of nitrogens with zero attached hydrogens (tertiary/aromatic N) is 1. The van der Waals surface area contributed by atoms with Crippen molar-refractivity contribution in [2.45, 2.75) is 39.8 Å². The van der Waals surface area contributed by atoms with Crippen LogP contribution < -0.4 is 0 Å². The molecule has 2 N–H and O–H groups in total. The average Bonchev–Trinajstić information content (AvgIpc) is 2.91. The van der Waals surface area contributed by atoms with Crippen molar-refractivity contribution in [2.75, 3.05) is 0 Å². The molecule has 1 atom stereocenters. The molecule has 9 heteroatoms. The van der Waals surface area contributed by atoms with E-state index >= 15 is 0 Å². The zero-order valence-electron chi connectivity index (χ0n) is 17.7. The molecule has 0 fully saturated rings. The lowest BCUT2D eigenvalue weighted by Gasteiger charge is -2.27. The lowest BCUT2D eigenvalue weighted by atomic mass is 9.75. The third kappa shape index (κ3) is 3.94. The third-order valence-electron chi connectivity index (χ3n) is 5.39. The van der Waals surface area contributed by atoms with Crippen LogP contribution in [-0.4, -0.2) is 26.7 Å². The number of rotatable bonds is 3. The van der Waals surface area contributed by atoms with Gasteiger partial charge >= 0.3 is 12.1 Å². The minimum absolute atomic E-state index is 0.00759. The molecule has 1 unspecified atom stereocenters. The van der Waals surface area contributed by atoms with E-state index in [9.17, 15) is 37.4 Å². The highest BCUT2D eigenvalue weighted by Gasteiger charge is 2.38. The summed E-state index contributed by atoms with van der Waals surface area (Å²) in [7, 11) is 0. The van der Waals surface area contributed by atoms with E-state index in [1.165, 1.54) is 6.92 Å². The van der Waals surface area contributed by atoms with Gasteiger partial charge in [0, 0.05) is 22.7 Å². The Hall–Kier alpha value is -3.36. The molecule has 3 aromatic rings. The number of carbonyl (C=O) groups excluding carboxylic acids is 1. The van der Waals surface area contributed by atoms with Gasteiger partial charge in [-0.2, -0.15) is 13.2 Å². The largest absolute Gasteiger partial charge is 0.505 e. The van der Waals surface area contributed by atoms with Crippen molar-refractivity contribution in [1.82, 2.24) is 4.57 Å². The van der Waals surface area contributed by atoms with Crippen LogP contribution in [-0.2, 0) is 11.0 Å².